The molecule has 0 unspecified atom stereocenters. The minimum Gasteiger partial charge on any atom is -0.378 e. The number of nitrogens with zero attached hydrogens (tertiary/aromatic N) is 2. The molecule has 0 bridgehead atoms. The van der Waals surface area contributed by atoms with Gasteiger partial charge < -0.3 is 14.8 Å². The van der Waals surface area contributed by atoms with Crippen molar-refractivity contribution in [3.8, 4) is 11.1 Å². The Labute approximate surface area is 229 Å². The van der Waals surface area contributed by atoms with Gasteiger partial charge in [0.25, 0.3) is 0 Å². The topological polar surface area (TPSA) is 56.4 Å². The first-order valence-electron chi connectivity index (χ1n) is 13.1. The van der Waals surface area contributed by atoms with Crippen LogP contribution in [0.2, 0.25) is 0 Å². The normalized spacial score (nSPS) is 11.0. The Bertz CT molecular complexity index is 1610. The van der Waals surface area contributed by atoms with Gasteiger partial charge in [0, 0.05) is 86.2 Å². The van der Waals surface area contributed by atoms with Gasteiger partial charge in [0.2, 0.25) is 0 Å². The molecule has 0 amide bonds. The number of aromatic amines is 1. The molecule has 0 aliphatic rings. The van der Waals surface area contributed by atoms with E-state index in [1.54, 1.807) is 0 Å². The first kappa shape index (κ1) is 26.0. The van der Waals surface area contributed by atoms with Crippen molar-refractivity contribution >= 4 is 33.8 Å². The number of ketones is 2. The number of H-pyrrole nitrogens is 1. The van der Waals surface area contributed by atoms with Crippen LogP contribution in [0.3, 0.4) is 0 Å². The zero-order valence-corrected chi connectivity index (χ0v) is 22.9. The van der Waals surface area contributed by atoms with Gasteiger partial charge in [-0.1, -0.05) is 36.4 Å². The number of hydrogen-bond acceptors (Lipinski definition) is 4. The maximum absolute atomic E-state index is 12.8. The summed E-state index contributed by atoms with van der Waals surface area (Å²) in [7, 11) is 7.94. The second-order valence-corrected chi connectivity index (χ2v) is 10.4. The molecule has 0 saturated heterocycles. The molecule has 0 atom stereocenters. The average molecular weight is 516 g/mol. The van der Waals surface area contributed by atoms with Crippen LogP contribution in [0.4, 0.5) is 11.4 Å². The van der Waals surface area contributed by atoms with Gasteiger partial charge in [0.05, 0.1) is 0 Å². The van der Waals surface area contributed by atoms with Crippen molar-refractivity contribution in [1.82, 2.24) is 4.98 Å². The van der Waals surface area contributed by atoms with Gasteiger partial charge in [0.15, 0.2) is 11.6 Å². The van der Waals surface area contributed by atoms with Crippen molar-refractivity contribution in [3.05, 3.63) is 119 Å². The number of aromatic nitrogens is 1. The van der Waals surface area contributed by atoms with E-state index in [1.165, 1.54) is 0 Å². The first-order valence-corrected chi connectivity index (χ1v) is 13.1. The smallest absolute Gasteiger partial charge is 0.167 e. The molecule has 5 heteroatoms. The third kappa shape index (κ3) is 5.78. The fraction of sp³-hybridized carbons (Fsp3) is 0.176. The molecule has 1 N–H and O–H groups in total. The summed E-state index contributed by atoms with van der Waals surface area (Å²) in [4.78, 5) is 33.0. The van der Waals surface area contributed by atoms with E-state index < -0.39 is 0 Å². The van der Waals surface area contributed by atoms with E-state index in [9.17, 15) is 9.59 Å². The monoisotopic (exact) mass is 515 g/mol. The summed E-state index contributed by atoms with van der Waals surface area (Å²) in [6.45, 7) is 0. The Balaban J connectivity index is 1.27. The van der Waals surface area contributed by atoms with Gasteiger partial charge >= 0.3 is 0 Å². The summed E-state index contributed by atoms with van der Waals surface area (Å²) in [6, 6.07) is 29.8. The highest BCUT2D eigenvalue weighted by molar-refractivity contribution is 6.00. The Morgan fingerprint density at radius 1 is 0.615 bits per heavy atom. The number of benzene rings is 4. The summed E-state index contributed by atoms with van der Waals surface area (Å²) in [6.07, 6.45) is 2.72. The highest BCUT2D eigenvalue weighted by Crippen LogP contribution is 2.30. The Hall–Kier alpha value is -4.64. The number of anilines is 2. The summed E-state index contributed by atoms with van der Waals surface area (Å²) >= 11 is 0. The molecule has 0 radical (unpaired) electrons. The molecule has 0 spiro atoms. The van der Waals surface area contributed by atoms with Gasteiger partial charge in [-0.2, -0.15) is 0 Å². The summed E-state index contributed by atoms with van der Waals surface area (Å²) in [5.41, 5.74) is 8.73. The molecule has 4 aromatic carbocycles. The van der Waals surface area contributed by atoms with Crippen LogP contribution in [0.1, 0.15) is 31.8 Å². The van der Waals surface area contributed by atoms with Crippen molar-refractivity contribution in [2.24, 2.45) is 0 Å². The number of Topliss-reactive ketones (excluding diaryl/α,β-unsaturated/α-hetero) is 2. The second-order valence-electron chi connectivity index (χ2n) is 10.4. The number of fused-ring (bicyclic) bond motifs is 1. The zero-order valence-electron chi connectivity index (χ0n) is 22.9. The molecule has 5 rings (SSSR count). The van der Waals surface area contributed by atoms with E-state index in [-0.39, 0.29) is 11.6 Å². The van der Waals surface area contributed by atoms with Crippen LogP contribution in [-0.2, 0) is 12.8 Å². The predicted octanol–water partition coefficient (Wildman–Crippen LogP) is 6.82. The van der Waals surface area contributed by atoms with Crippen molar-refractivity contribution in [2.45, 2.75) is 12.8 Å². The summed E-state index contributed by atoms with van der Waals surface area (Å²) in [5.74, 6) is 0.209. The minimum absolute atomic E-state index is 0.102. The minimum atomic E-state index is 0.102. The van der Waals surface area contributed by atoms with Crippen molar-refractivity contribution in [2.75, 3.05) is 38.0 Å². The van der Waals surface area contributed by atoms with E-state index in [4.69, 9.17) is 0 Å². The molecule has 1 heterocycles. The highest BCUT2D eigenvalue weighted by atomic mass is 16.1. The summed E-state index contributed by atoms with van der Waals surface area (Å²) in [5, 5.41) is 1.10. The molecule has 39 heavy (non-hydrogen) atoms. The van der Waals surface area contributed by atoms with E-state index in [1.807, 2.05) is 111 Å². The maximum Gasteiger partial charge on any atom is 0.167 e. The lowest BCUT2D eigenvalue weighted by molar-refractivity contribution is 0.0985. The average Bonchev–Trinajstić information content (AvgIpc) is 3.37. The molecule has 1 aromatic heterocycles. The fourth-order valence-corrected chi connectivity index (χ4v) is 4.79. The highest BCUT2D eigenvalue weighted by Gasteiger charge is 2.12. The van der Waals surface area contributed by atoms with Crippen molar-refractivity contribution in [1.29, 1.82) is 0 Å². The first-order chi connectivity index (χ1) is 18.8. The quantitative estimate of drug-likeness (QED) is 0.219. The third-order valence-electron chi connectivity index (χ3n) is 7.15. The molecular formula is C34H33N3O2. The number of carbonyl (C=O) groups excluding carboxylic acids is 2. The van der Waals surface area contributed by atoms with Crippen LogP contribution >= 0.6 is 0 Å². The van der Waals surface area contributed by atoms with Crippen LogP contribution < -0.4 is 9.80 Å². The molecular weight excluding hydrogens is 482 g/mol. The zero-order chi connectivity index (χ0) is 27.5. The third-order valence-corrected chi connectivity index (χ3v) is 7.15. The number of carbonyl (C=O) groups is 2. The number of hydrogen-bond donors (Lipinski definition) is 1. The van der Waals surface area contributed by atoms with Crippen LogP contribution in [0.25, 0.3) is 22.0 Å². The molecule has 0 saturated carbocycles. The van der Waals surface area contributed by atoms with Crippen LogP contribution in [-0.4, -0.2) is 44.7 Å². The molecule has 5 nitrogen and oxygen atoms in total. The number of nitrogens with one attached hydrogen (secondary N) is 1. The Kier molecular flexibility index (Phi) is 7.33. The SMILES string of the molecule is CN(C)c1ccc(C(=O)Cc2ccc(-c3c[nH]c4cc(CC(=O)c5ccc(N(C)C)cc5)ccc34)cc2)cc1. The lowest BCUT2D eigenvalue weighted by Crippen LogP contribution is -2.09. The van der Waals surface area contributed by atoms with E-state index in [0.29, 0.717) is 12.8 Å². The molecule has 0 aliphatic heterocycles. The predicted molar refractivity (Wildman–Crippen MR) is 161 cm³/mol. The standard InChI is InChI=1S/C34H33N3O2/c1-36(2)28-14-10-26(11-15-28)33(38)20-23-5-8-25(9-6-23)31-22-35-32-19-24(7-18-30(31)32)21-34(39)27-12-16-29(17-13-27)37(3)4/h5-19,22,35H,20-21H2,1-4H3. The maximum atomic E-state index is 12.8. The van der Waals surface area contributed by atoms with E-state index in [2.05, 4.69) is 29.2 Å². The largest absolute Gasteiger partial charge is 0.378 e. The van der Waals surface area contributed by atoms with Crippen LogP contribution in [0.15, 0.2) is 97.2 Å². The van der Waals surface area contributed by atoms with Crippen molar-refractivity contribution in [3.63, 3.8) is 0 Å². The number of rotatable bonds is 9. The Morgan fingerprint density at radius 3 is 1.62 bits per heavy atom. The van der Waals surface area contributed by atoms with Crippen molar-refractivity contribution < 1.29 is 9.59 Å². The van der Waals surface area contributed by atoms with E-state index >= 15 is 0 Å². The van der Waals surface area contributed by atoms with Crippen LogP contribution in [0.5, 0.6) is 0 Å². The molecule has 0 fully saturated rings. The summed E-state index contributed by atoms with van der Waals surface area (Å²) < 4.78 is 0. The molecule has 196 valence electrons. The van der Waals surface area contributed by atoms with Gasteiger partial charge in [-0.25, -0.2) is 0 Å². The molecule has 5 aromatic rings. The van der Waals surface area contributed by atoms with Gasteiger partial charge in [-0.3, -0.25) is 9.59 Å². The van der Waals surface area contributed by atoms with Crippen LogP contribution in [0, 0.1) is 0 Å². The second kappa shape index (κ2) is 11.0. The fourth-order valence-electron chi connectivity index (χ4n) is 4.79. The van der Waals surface area contributed by atoms with Gasteiger partial charge in [0.1, 0.15) is 0 Å². The Morgan fingerprint density at radius 2 is 1.10 bits per heavy atom. The van der Waals surface area contributed by atoms with Gasteiger partial charge in [-0.15, -0.1) is 0 Å². The molecule has 0 aliphatic carbocycles. The lowest BCUT2D eigenvalue weighted by Gasteiger charge is -2.12. The lowest BCUT2D eigenvalue weighted by atomic mass is 9.98. The van der Waals surface area contributed by atoms with Gasteiger partial charge in [-0.05, 0) is 71.3 Å². The van der Waals surface area contributed by atoms with E-state index in [0.717, 1.165) is 55.7 Å².